The van der Waals surface area contributed by atoms with Crippen LogP contribution in [0, 0.1) is 6.92 Å². The van der Waals surface area contributed by atoms with Crippen LogP contribution in [-0.4, -0.2) is 31.5 Å². The number of nitrogens with one attached hydrogen (secondary N) is 2. The van der Waals surface area contributed by atoms with Gasteiger partial charge in [-0.05, 0) is 37.3 Å². The highest BCUT2D eigenvalue weighted by Crippen LogP contribution is 2.31. The highest BCUT2D eigenvalue weighted by atomic mass is 32.1. The number of thiophene rings is 1. The summed E-state index contributed by atoms with van der Waals surface area (Å²) in [5, 5.41) is 5.00. The van der Waals surface area contributed by atoms with Crippen molar-refractivity contribution >= 4 is 23.2 Å². The topological polar surface area (TPSA) is 67.4 Å². The molecule has 0 aliphatic rings. The van der Waals surface area contributed by atoms with Crippen LogP contribution in [0.5, 0.6) is 5.75 Å². The number of carbonyl (C=O) groups excluding carboxylic acids is 2. The molecule has 1 heterocycles. The summed E-state index contributed by atoms with van der Waals surface area (Å²) in [7, 11) is 0. The summed E-state index contributed by atoms with van der Waals surface area (Å²) < 4.78 is 43.0. The molecule has 26 heavy (non-hydrogen) atoms. The average Bonchev–Trinajstić information content (AvgIpc) is 3.02. The summed E-state index contributed by atoms with van der Waals surface area (Å²) in [6, 6.07) is 7.98. The van der Waals surface area contributed by atoms with Gasteiger partial charge in [0.1, 0.15) is 12.4 Å². The van der Waals surface area contributed by atoms with Crippen molar-refractivity contribution in [3.05, 3.63) is 51.7 Å². The van der Waals surface area contributed by atoms with E-state index in [4.69, 9.17) is 4.74 Å². The molecule has 1 aromatic carbocycles. The van der Waals surface area contributed by atoms with Gasteiger partial charge >= 0.3 is 6.18 Å². The normalized spacial score (nSPS) is 11.1. The molecule has 0 saturated carbocycles. The van der Waals surface area contributed by atoms with Gasteiger partial charge in [0.15, 0.2) is 0 Å². The molecule has 5 nitrogen and oxygen atoms in total. The standard InChI is InChI=1S/C17H17F3N2O3S/c1-11-5-6-14(26-11)16(24)22-10-15(23)21-7-8-25-13-4-2-3-12(9-13)17(18,19)20/h2-6,9H,7-8,10H2,1H3,(H,21,23)(H,22,24). The van der Waals surface area contributed by atoms with Crippen LogP contribution in [0.1, 0.15) is 20.1 Å². The largest absolute Gasteiger partial charge is 0.492 e. The Balaban J connectivity index is 1.68. The van der Waals surface area contributed by atoms with Crippen molar-refractivity contribution in [3.8, 4) is 5.75 Å². The summed E-state index contributed by atoms with van der Waals surface area (Å²) in [6.07, 6.45) is -4.44. The number of halogens is 3. The third kappa shape index (κ3) is 6.07. The van der Waals surface area contributed by atoms with E-state index in [1.54, 1.807) is 6.07 Å². The summed E-state index contributed by atoms with van der Waals surface area (Å²) in [5.41, 5.74) is -0.800. The predicted molar refractivity (Wildman–Crippen MR) is 91.3 cm³/mol. The number of hydrogen-bond donors (Lipinski definition) is 2. The summed E-state index contributed by atoms with van der Waals surface area (Å²) in [5.74, 6) is -0.687. The minimum Gasteiger partial charge on any atom is -0.492 e. The van der Waals surface area contributed by atoms with Crippen molar-refractivity contribution in [3.63, 3.8) is 0 Å². The SMILES string of the molecule is Cc1ccc(C(=O)NCC(=O)NCCOc2cccc(C(F)(F)F)c2)s1. The minimum absolute atomic E-state index is 0.00508. The lowest BCUT2D eigenvalue weighted by Gasteiger charge is -2.11. The molecule has 2 rings (SSSR count). The maximum Gasteiger partial charge on any atom is 0.416 e. The van der Waals surface area contributed by atoms with Gasteiger partial charge < -0.3 is 15.4 Å². The zero-order valence-corrected chi connectivity index (χ0v) is 14.7. The Morgan fingerprint density at radius 2 is 1.92 bits per heavy atom. The van der Waals surface area contributed by atoms with Crippen molar-refractivity contribution in [1.82, 2.24) is 10.6 Å². The molecule has 2 N–H and O–H groups in total. The van der Waals surface area contributed by atoms with Gasteiger partial charge in [0.05, 0.1) is 23.5 Å². The fraction of sp³-hybridized carbons (Fsp3) is 0.294. The number of aryl methyl sites for hydroxylation is 1. The maximum atomic E-state index is 12.6. The van der Waals surface area contributed by atoms with Gasteiger partial charge in [-0.2, -0.15) is 13.2 Å². The molecule has 1 aromatic heterocycles. The van der Waals surface area contributed by atoms with E-state index in [0.29, 0.717) is 4.88 Å². The molecule has 0 unspecified atom stereocenters. The lowest BCUT2D eigenvalue weighted by Crippen LogP contribution is -2.38. The number of rotatable bonds is 7. The van der Waals surface area contributed by atoms with Gasteiger partial charge in [-0.15, -0.1) is 11.3 Å². The second kappa shape index (κ2) is 8.70. The van der Waals surface area contributed by atoms with E-state index in [9.17, 15) is 22.8 Å². The molecule has 0 spiro atoms. The van der Waals surface area contributed by atoms with Crippen molar-refractivity contribution in [2.75, 3.05) is 19.7 Å². The van der Waals surface area contributed by atoms with Crippen molar-refractivity contribution in [2.24, 2.45) is 0 Å². The third-order valence-corrected chi connectivity index (χ3v) is 4.23. The Kier molecular flexibility index (Phi) is 6.62. The Morgan fingerprint density at radius 1 is 1.15 bits per heavy atom. The van der Waals surface area contributed by atoms with E-state index in [0.717, 1.165) is 17.0 Å². The molecular weight excluding hydrogens is 369 g/mol. The van der Waals surface area contributed by atoms with Crippen LogP contribution in [0.25, 0.3) is 0 Å². The predicted octanol–water partition coefficient (Wildman–Crippen LogP) is 3.00. The molecule has 0 aliphatic carbocycles. The Bertz CT molecular complexity index is 775. The number of amides is 2. The molecule has 0 bridgehead atoms. The van der Waals surface area contributed by atoms with E-state index in [2.05, 4.69) is 10.6 Å². The lowest BCUT2D eigenvalue weighted by atomic mass is 10.2. The molecule has 140 valence electrons. The van der Waals surface area contributed by atoms with E-state index < -0.39 is 17.6 Å². The fourth-order valence-electron chi connectivity index (χ4n) is 1.99. The first-order valence-corrected chi connectivity index (χ1v) is 8.49. The monoisotopic (exact) mass is 386 g/mol. The van der Waals surface area contributed by atoms with Crippen LogP contribution in [0.4, 0.5) is 13.2 Å². The third-order valence-electron chi connectivity index (χ3n) is 3.23. The summed E-state index contributed by atoms with van der Waals surface area (Å²) >= 11 is 1.33. The van der Waals surface area contributed by atoms with Crippen LogP contribution < -0.4 is 15.4 Å². The highest BCUT2D eigenvalue weighted by molar-refractivity contribution is 7.13. The van der Waals surface area contributed by atoms with E-state index >= 15 is 0 Å². The first-order chi connectivity index (χ1) is 12.3. The summed E-state index contributed by atoms with van der Waals surface area (Å²) in [4.78, 5) is 25.0. The molecule has 0 fully saturated rings. The molecule has 9 heteroatoms. The second-order valence-corrected chi connectivity index (χ2v) is 6.60. The highest BCUT2D eigenvalue weighted by Gasteiger charge is 2.30. The first-order valence-electron chi connectivity index (χ1n) is 7.67. The average molecular weight is 386 g/mol. The van der Waals surface area contributed by atoms with E-state index in [1.165, 1.54) is 23.5 Å². The zero-order chi connectivity index (χ0) is 19.2. The van der Waals surface area contributed by atoms with Crippen LogP contribution in [0.2, 0.25) is 0 Å². The molecule has 2 aromatic rings. The molecule has 0 aliphatic heterocycles. The van der Waals surface area contributed by atoms with Crippen LogP contribution in [-0.2, 0) is 11.0 Å². The minimum atomic E-state index is -4.44. The molecule has 2 amide bonds. The van der Waals surface area contributed by atoms with Gasteiger partial charge in [0.2, 0.25) is 5.91 Å². The number of benzene rings is 1. The first kappa shape index (κ1) is 19.8. The fourth-order valence-corrected chi connectivity index (χ4v) is 2.77. The van der Waals surface area contributed by atoms with Crippen molar-refractivity contribution in [1.29, 1.82) is 0 Å². The number of carbonyl (C=O) groups is 2. The molecule has 0 atom stereocenters. The van der Waals surface area contributed by atoms with Crippen LogP contribution in [0.3, 0.4) is 0 Å². The second-order valence-electron chi connectivity index (χ2n) is 5.32. The van der Waals surface area contributed by atoms with Gasteiger partial charge in [0, 0.05) is 4.88 Å². The van der Waals surface area contributed by atoms with Gasteiger partial charge in [0.25, 0.3) is 5.91 Å². The van der Waals surface area contributed by atoms with Crippen LogP contribution >= 0.6 is 11.3 Å². The lowest BCUT2D eigenvalue weighted by molar-refractivity contribution is -0.137. The zero-order valence-electron chi connectivity index (χ0n) is 13.9. The summed E-state index contributed by atoms with van der Waals surface area (Å²) in [6.45, 7) is 1.78. The Morgan fingerprint density at radius 3 is 2.58 bits per heavy atom. The van der Waals surface area contributed by atoms with Gasteiger partial charge in [-0.25, -0.2) is 0 Å². The van der Waals surface area contributed by atoms with Crippen LogP contribution in [0.15, 0.2) is 36.4 Å². The number of alkyl halides is 3. The van der Waals surface area contributed by atoms with Crippen molar-refractivity contribution < 1.29 is 27.5 Å². The molecule has 0 radical (unpaired) electrons. The quantitative estimate of drug-likeness (QED) is 0.719. The van der Waals surface area contributed by atoms with E-state index in [1.807, 2.05) is 13.0 Å². The smallest absolute Gasteiger partial charge is 0.416 e. The van der Waals surface area contributed by atoms with E-state index in [-0.39, 0.29) is 31.4 Å². The Hall–Kier alpha value is -2.55. The molecular formula is C17H17F3N2O3S. The number of hydrogen-bond acceptors (Lipinski definition) is 4. The Labute approximate surface area is 152 Å². The van der Waals surface area contributed by atoms with Gasteiger partial charge in [-0.1, -0.05) is 6.07 Å². The molecule has 0 saturated heterocycles. The maximum absolute atomic E-state index is 12.6. The van der Waals surface area contributed by atoms with Gasteiger partial charge in [-0.3, -0.25) is 9.59 Å². The number of ether oxygens (including phenoxy) is 1. The van der Waals surface area contributed by atoms with Crippen molar-refractivity contribution in [2.45, 2.75) is 13.1 Å².